The summed E-state index contributed by atoms with van der Waals surface area (Å²) in [5, 5.41) is 0. The second kappa shape index (κ2) is 4.30. The van der Waals surface area contributed by atoms with E-state index in [1.165, 1.54) is 6.08 Å². The summed E-state index contributed by atoms with van der Waals surface area (Å²) in [7, 11) is 0. The highest BCUT2D eigenvalue weighted by molar-refractivity contribution is 5.81. The third-order valence-corrected chi connectivity index (χ3v) is 1.50. The van der Waals surface area contributed by atoms with Crippen LogP contribution in [0.1, 0.15) is 0 Å². The molecule has 0 saturated heterocycles. The Morgan fingerprint density at radius 3 is 2.54 bits per heavy atom. The van der Waals surface area contributed by atoms with Crippen molar-refractivity contribution in [2.45, 2.75) is 6.10 Å². The SMILES string of the molecule is C=CC(Oc1ccccc1)C(N)=O. The molecule has 0 aliphatic rings. The molecule has 0 aliphatic heterocycles. The molecule has 68 valence electrons. The summed E-state index contributed by atoms with van der Waals surface area (Å²) in [6, 6.07) is 8.99. The third kappa shape index (κ3) is 2.63. The fourth-order valence-corrected chi connectivity index (χ4v) is 0.868. The Morgan fingerprint density at radius 1 is 1.46 bits per heavy atom. The van der Waals surface area contributed by atoms with Crippen molar-refractivity contribution in [1.29, 1.82) is 0 Å². The van der Waals surface area contributed by atoms with Crippen molar-refractivity contribution >= 4 is 5.91 Å². The number of nitrogens with two attached hydrogens (primary N) is 1. The van der Waals surface area contributed by atoms with E-state index in [0.717, 1.165) is 0 Å². The van der Waals surface area contributed by atoms with Crippen LogP contribution in [0.5, 0.6) is 5.75 Å². The number of carbonyl (C=O) groups is 1. The zero-order chi connectivity index (χ0) is 9.68. The topological polar surface area (TPSA) is 52.3 Å². The van der Waals surface area contributed by atoms with Crippen LogP contribution in [0, 0.1) is 0 Å². The van der Waals surface area contributed by atoms with Gasteiger partial charge in [0, 0.05) is 0 Å². The Kier molecular flexibility index (Phi) is 3.09. The molecule has 1 atom stereocenters. The van der Waals surface area contributed by atoms with Gasteiger partial charge < -0.3 is 10.5 Å². The van der Waals surface area contributed by atoms with Gasteiger partial charge in [0.2, 0.25) is 0 Å². The molecule has 0 bridgehead atoms. The molecule has 2 N–H and O–H groups in total. The van der Waals surface area contributed by atoms with E-state index >= 15 is 0 Å². The average molecular weight is 177 g/mol. The predicted octanol–water partition coefficient (Wildman–Crippen LogP) is 1.11. The van der Waals surface area contributed by atoms with Crippen LogP contribution in [0.4, 0.5) is 0 Å². The van der Waals surface area contributed by atoms with Gasteiger partial charge in [0.1, 0.15) is 5.75 Å². The van der Waals surface area contributed by atoms with Crippen molar-refractivity contribution < 1.29 is 9.53 Å². The van der Waals surface area contributed by atoms with E-state index in [-0.39, 0.29) is 0 Å². The number of benzene rings is 1. The number of hydrogen-bond donors (Lipinski definition) is 1. The number of amides is 1. The average Bonchev–Trinajstić information content (AvgIpc) is 2.15. The summed E-state index contributed by atoms with van der Waals surface area (Å²) < 4.78 is 5.23. The Labute approximate surface area is 76.8 Å². The molecule has 0 saturated carbocycles. The van der Waals surface area contributed by atoms with Gasteiger partial charge in [0.25, 0.3) is 5.91 Å². The molecular weight excluding hydrogens is 166 g/mol. The number of ether oxygens (including phenoxy) is 1. The van der Waals surface area contributed by atoms with Gasteiger partial charge in [-0.1, -0.05) is 24.8 Å². The highest BCUT2D eigenvalue weighted by Crippen LogP contribution is 2.10. The molecule has 1 rings (SSSR count). The van der Waals surface area contributed by atoms with Crippen LogP contribution < -0.4 is 10.5 Å². The van der Waals surface area contributed by atoms with Crippen molar-refractivity contribution in [1.82, 2.24) is 0 Å². The summed E-state index contributed by atoms with van der Waals surface area (Å²) in [5.41, 5.74) is 5.06. The maximum Gasteiger partial charge on any atom is 0.262 e. The summed E-state index contributed by atoms with van der Waals surface area (Å²) in [6.45, 7) is 3.45. The minimum absolute atomic E-state index is 0.543. The maximum absolute atomic E-state index is 10.8. The van der Waals surface area contributed by atoms with Crippen molar-refractivity contribution in [2.75, 3.05) is 0 Å². The molecule has 0 aromatic heterocycles. The van der Waals surface area contributed by atoms with E-state index in [2.05, 4.69) is 6.58 Å². The molecule has 13 heavy (non-hydrogen) atoms. The molecule has 3 nitrogen and oxygen atoms in total. The number of carbonyl (C=O) groups excluding carboxylic acids is 1. The molecule has 3 heteroatoms. The lowest BCUT2D eigenvalue weighted by Gasteiger charge is -2.11. The summed E-state index contributed by atoms with van der Waals surface area (Å²) in [6.07, 6.45) is 0.609. The molecule has 0 fully saturated rings. The smallest absolute Gasteiger partial charge is 0.262 e. The Hall–Kier alpha value is -1.77. The van der Waals surface area contributed by atoms with E-state index < -0.39 is 12.0 Å². The van der Waals surface area contributed by atoms with Gasteiger partial charge in [-0.2, -0.15) is 0 Å². The monoisotopic (exact) mass is 177 g/mol. The maximum atomic E-state index is 10.8. The van der Waals surface area contributed by atoms with Crippen molar-refractivity contribution in [3.05, 3.63) is 43.0 Å². The first-order valence-corrected chi connectivity index (χ1v) is 3.87. The van der Waals surface area contributed by atoms with Crippen molar-refractivity contribution in [2.24, 2.45) is 5.73 Å². The Bertz CT molecular complexity index is 295. The van der Waals surface area contributed by atoms with Crippen LogP contribution in [0.25, 0.3) is 0 Å². The molecule has 0 spiro atoms. The fraction of sp³-hybridized carbons (Fsp3) is 0.100. The molecule has 0 aliphatic carbocycles. The molecule has 1 aromatic rings. The Morgan fingerprint density at radius 2 is 2.08 bits per heavy atom. The highest BCUT2D eigenvalue weighted by atomic mass is 16.5. The van der Waals surface area contributed by atoms with Crippen LogP contribution in [0.15, 0.2) is 43.0 Å². The molecular formula is C10H11NO2. The van der Waals surface area contributed by atoms with Crippen LogP contribution in [0.3, 0.4) is 0 Å². The lowest BCUT2D eigenvalue weighted by Crippen LogP contribution is -2.31. The lowest BCUT2D eigenvalue weighted by molar-refractivity contribution is -0.122. The van der Waals surface area contributed by atoms with Gasteiger partial charge in [0.15, 0.2) is 6.10 Å². The number of para-hydroxylation sites is 1. The molecule has 1 aromatic carbocycles. The van der Waals surface area contributed by atoms with E-state index in [0.29, 0.717) is 5.75 Å². The quantitative estimate of drug-likeness (QED) is 0.700. The minimum atomic E-state index is -0.762. The van der Waals surface area contributed by atoms with Gasteiger partial charge in [0.05, 0.1) is 0 Å². The van der Waals surface area contributed by atoms with Crippen molar-refractivity contribution in [3.63, 3.8) is 0 Å². The number of primary amides is 1. The lowest BCUT2D eigenvalue weighted by atomic mass is 10.3. The van der Waals surface area contributed by atoms with E-state index in [1.54, 1.807) is 12.1 Å². The van der Waals surface area contributed by atoms with Gasteiger partial charge in [-0.3, -0.25) is 4.79 Å². The molecule has 0 radical (unpaired) electrons. The van der Waals surface area contributed by atoms with Crippen LogP contribution in [-0.4, -0.2) is 12.0 Å². The van der Waals surface area contributed by atoms with E-state index in [4.69, 9.17) is 10.5 Å². The molecule has 1 amide bonds. The fourth-order valence-electron chi connectivity index (χ4n) is 0.868. The Balaban J connectivity index is 2.67. The third-order valence-electron chi connectivity index (χ3n) is 1.50. The first-order valence-electron chi connectivity index (χ1n) is 3.87. The zero-order valence-corrected chi connectivity index (χ0v) is 7.14. The largest absolute Gasteiger partial charge is 0.476 e. The second-order valence-corrected chi connectivity index (χ2v) is 2.49. The highest BCUT2D eigenvalue weighted by Gasteiger charge is 2.11. The van der Waals surface area contributed by atoms with Crippen LogP contribution in [-0.2, 0) is 4.79 Å². The number of hydrogen-bond acceptors (Lipinski definition) is 2. The first-order chi connectivity index (χ1) is 6.24. The van der Waals surface area contributed by atoms with Crippen LogP contribution >= 0.6 is 0 Å². The van der Waals surface area contributed by atoms with Crippen molar-refractivity contribution in [3.8, 4) is 5.75 Å². The van der Waals surface area contributed by atoms with E-state index in [1.807, 2.05) is 18.2 Å². The zero-order valence-electron chi connectivity index (χ0n) is 7.14. The normalized spacial score (nSPS) is 11.7. The van der Waals surface area contributed by atoms with Crippen LogP contribution in [0.2, 0.25) is 0 Å². The number of rotatable bonds is 4. The standard InChI is InChI=1S/C10H11NO2/c1-2-9(10(11)12)13-8-6-4-3-5-7-8/h2-7,9H,1H2,(H2,11,12). The summed E-state index contributed by atoms with van der Waals surface area (Å²) in [5.74, 6) is 0.0602. The predicted molar refractivity (Wildman–Crippen MR) is 50.2 cm³/mol. The second-order valence-electron chi connectivity index (χ2n) is 2.49. The van der Waals surface area contributed by atoms with E-state index in [9.17, 15) is 4.79 Å². The summed E-state index contributed by atoms with van der Waals surface area (Å²) >= 11 is 0. The van der Waals surface area contributed by atoms with Gasteiger partial charge >= 0.3 is 0 Å². The van der Waals surface area contributed by atoms with Gasteiger partial charge in [-0.05, 0) is 18.2 Å². The molecule has 0 heterocycles. The minimum Gasteiger partial charge on any atom is -0.476 e. The molecule has 1 unspecified atom stereocenters. The first kappa shape index (κ1) is 9.32. The van der Waals surface area contributed by atoms with Gasteiger partial charge in [-0.15, -0.1) is 0 Å². The summed E-state index contributed by atoms with van der Waals surface area (Å²) in [4.78, 5) is 10.8. The van der Waals surface area contributed by atoms with Gasteiger partial charge in [-0.25, -0.2) is 0 Å².